The summed E-state index contributed by atoms with van der Waals surface area (Å²) < 4.78 is 9.32. The van der Waals surface area contributed by atoms with Crippen LogP contribution in [0.1, 0.15) is 10.4 Å². The molecule has 0 aliphatic carbocycles. The number of hydrogen-bond acceptors (Lipinski definition) is 8. The topological polar surface area (TPSA) is 120 Å². The lowest BCUT2D eigenvalue weighted by molar-refractivity contribution is -0.383. The third-order valence-electron chi connectivity index (χ3n) is 3.19. The van der Waals surface area contributed by atoms with Gasteiger partial charge in [0.25, 0.3) is 0 Å². The van der Waals surface area contributed by atoms with E-state index in [4.69, 9.17) is 4.74 Å². The second-order valence-corrected chi connectivity index (χ2v) is 4.51. The summed E-state index contributed by atoms with van der Waals surface area (Å²) in [5.74, 6) is -0.510. The average molecular weight is 314 g/mol. The largest absolute Gasteiger partial charge is 0.465 e. The molecule has 0 saturated heterocycles. The normalized spacial score (nSPS) is 10.5. The van der Waals surface area contributed by atoms with E-state index in [0.29, 0.717) is 16.9 Å². The summed E-state index contributed by atoms with van der Waals surface area (Å²) in [6.45, 7) is 0. The Balaban J connectivity index is 2.07. The number of esters is 1. The minimum absolute atomic E-state index is 0.0237. The molecule has 1 aromatic heterocycles. The summed E-state index contributed by atoms with van der Waals surface area (Å²) >= 11 is 0. The fraction of sp³-hybridized carbons (Fsp3) is 0.0714. The maximum Gasteiger partial charge on any atom is 0.339 e. The van der Waals surface area contributed by atoms with Gasteiger partial charge >= 0.3 is 11.7 Å². The molecule has 1 N–H and O–H groups in total. The molecule has 0 aliphatic rings. The van der Waals surface area contributed by atoms with E-state index in [1.807, 2.05) is 0 Å². The van der Waals surface area contributed by atoms with Crippen molar-refractivity contribution < 1.29 is 19.1 Å². The van der Waals surface area contributed by atoms with Gasteiger partial charge < -0.3 is 10.1 Å². The number of aromatic nitrogens is 2. The number of carbonyl (C=O) groups is 1. The van der Waals surface area contributed by atoms with Crippen LogP contribution in [0.2, 0.25) is 0 Å². The zero-order valence-corrected chi connectivity index (χ0v) is 11.8. The highest BCUT2D eigenvalue weighted by atomic mass is 16.6. The SMILES string of the molecule is COC(=O)c1ccccc1Nc1ccc([N+](=O)[O-])c2nonc12. The molecule has 9 heteroatoms. The number of hydrogen-bond donors (Lipinski definition) is 1. The van der Waals surface area contributed by atoms with Crippen molar-refractivity contribution in [3.05, 3.63) is 52.1 Å². The Morgan fingerprint density at radius 3 is 2.65 bits per heavy atom. The Hall–Kier alpha value is -3.49. The molecular weight excluding hydrogens is 304 g/mol. The molecule has 1 heterocycles. The lowest BCUT2D eigenvalue weighted by Crippen LogP contribution is -2.05. The fourth-order valence-electron chi connectivity index (χ4n) is 2.13. The molecule has 0 unspecified atom stereocenters. The number of carbonyl (C=O) groups excluding carboxylic acids is 1. The Labute approximate surface area is 129 Å². The minimum Gasteiger partial charge on any atom is -0.465 e. The van der Waals surface area contributed by atoms with Gasteiger partial charge in [0.1, 0.15) is 0 Å². The molecule has 0 saturated carbocycles. The van der Waals surface area contributed by atoms with Gasteiger partial charge in [0, 0.05) is 6.07 Å². The molecule has 9 nitrogen and oxygen atoms in total. The van der Waals surface area contributed by atoms with Crippen LogP contribution >= 0.6 is 0 Å². The monoisotopic (exact) mass is 314 g/mol. The van der Waals surface area contributed by atoms with Gasteiger partial charge in [0.2, 0.25) is 5.52 Å². The summed E-state index contributed by atoms with van der Waals surface area (Å²) in [6.07, 6.45) is 0. The zero-order chi connectivity index (χ0) is 16.4. The Morgan fingerprint density at radius 2 is 1.91 bits per heavy atom. The van der Waals surface area contributed by atoms with Crippen molar-refractivity contribution in [1.82, 2.24) is 10.3 Å². The smallest absolute Gasteiger partial charge is 0.339 e. The lowest BCUT2D eigenvalue weighted by atomic mass is 10.1. The molecule has 0 atom stereocenters. The molecule has 0 amide bonds. The van der Waals surface area contributed by atoms with Gasteiger partial charge in [0.05, 0.1) is 29.0 Å². The number of fused-ring (bicyclic) bond motifs is 1. The number of rotatable bonds is 4. The van der Waals surface area contributed by atoms with Crippen LogP contribution in [-0.4, -0.2) is 28.3 Å². The van der Waals surface area contributed by atoms with Gasteiger partial charge in [-0.05, 0) is 28.5 Å². The number of nitro benzene ring substituents is 1. The van der Waals surface area contributed by atoms with E-state index in [1.54, 1.807) is 24.3 Å². The second kappa shape index (κ2) is 5.72. The molecule has 0 spiro atoms. The van der Waals surface area contributed by atoms with Crippen LogP contribution in [0.25, 0.3) is 11.0 Å². The number of anilines is 2. The molecule has 2 aromatic carbocycles. The van der Waals surface area contributed by atoms with E-state index in [1.165, 1.54) is 19.2 Å². The van der Waals surface area contributed by atoms with Crippen LogP contribution in [0.5, 0.6) is 0 Å². The number of nitro groups is 1. The first-order chi connectivity index (χ1) is 11.1. The molecule has 0 bridgehead atoms. The molecular formula is C14H10N4O5. The number of nitrogens with zero attached hydrogens (tertiary/aromatic N) is 3. The number of non-ortho nitro benzene ring substituents is 1. The van der Waals surface area contributed by atoms with Crippen molar-refractivity contribution in [1.29, 1.82) is 0 Å². The van der Waals surface area contributed by atoms with Crippen LogP contribution in [0, 0.1) is 10.1 Å². The molecule has 0 aliphatic heterocycles. The third-order valence-corrected chi connectivity index (χ3v) is 3.19. The lowest BCUT2D eigenvalue weighted by Gasteiger charge is -2.10. The van der Waals surface area contributed by atoms with Crippen LogP contribution < -0.4 is 5.32 Å². The Morgan fingerprint density at radius 1 is 1.17 bits per heavy atom. The van der Waals surface area contributed by atoms with Gasteiger partial charge in [-0.15, -0.1) is 0 Å². The highest BCUT2D eigenvalue weighted by Crippen LogP contribution is 2.31. The minimum atomic E-state index is -0.571. The van der Waals surface area contributed by atoms with E-state index in [2.05, 4.69) is 20.3 Å². The van der Waals surface area contributed by atoms with E-state index in [0.717, 1.165) is 0 Å². The highest BCUT2D eigenvalue weighted by Gasteiger charge is 2.20. The maximum atomic E-state index is 11.8. The predicted octanol–water partition coefficient (Wildman–Crippen LogP) is 2.66. The number of methoxy groups -OCH3 is 1. The summed E-state index contributed by atoms with van der Waals surface area (Å²) in [7, 11) is 1.28. The first-order valence-corrected chi connectivity index (χ1v) is 6.46. The predicted molar refractivity (Wildman–Crippen MR) is 79.5 cm³/mol. The van der Waals surface area contributed by atoms with E-state index >= 15 is 0 Å². The van der Waals surface area contributed by atoms with E-state index in [-0.39, 0.29) is 16.7 Å². The first kappa shape index (κ1) is 14.4. The number of benzene rings is 2. The average Bonchev–Trinajstić information content (AvgIpc) is 3.04. The number of para-hydroxylation sites is 1. The quantitative estimate of drug-likeness (QED) is 0.443. The van der Waals surface area contributed by atoms with Gasteiger partial charge in [-0.2, -0.15) is 0 Å². The molecule has 3 aromatic rings. The standard InChI is InChI=1S/C14H10N4O5/c1-22-14(19)8-4-2-3-5-9(8)15-10-6-7-11(18(20)21)13-12(10)16-23-17-13/h2-7,15H,1H3. The molecule has 3 rings (SSSR count). The van der Waals surface area contributed by atoms with Crippen LogP contribution in [0.4, 0.5) is 17.1 Å². The molecule has 0 fully saturated rings. The maximum absolute atomic E-state index is 11.8. The number of nitrogens with one attached hydrogen (secondary N) is 1. The summed E-state index contributed by atoms with van der Waals surface area (Å²) in [5, 5.41) is 21.2. The second-order valence-electron chi connectivity index (χ2n) is 4.51. The molecule has 23 heavy (non-hydrogen) atoms. The summed E-state index contributed by atoms with van der Waals surface area (Å²) in [4.78, 5) is 22.2. The van der Waals surface area contributed by atoms with Gasteiger partial charge in [-0.3, -0.25) is 10.1 Å². The summed E-state index contributed by atoms with van der Waals surface area (Å²) in [6, 6.07) is 9.46. The van der Waals surface area contributed by atoms with E-state index in [9.17, 15) is 14.9 Å². The van der Waals surface area contributed by atoms with Crippen molar-refractivity contribution in [2.24, 2.45) is 0 Å². The van der Waals surface area contributed by atoms with E-state index < -0.39 is 10.9 Å². The van der Waals surface area contributed by atoms with Crippen molar-refractivity contribution >= 4 is 34.1 Å². The third kappa shape index (κ3) is 2.55. The van der Waals surface area contributed by atoms with Gasteiger partial charge in [-0.1, -0.05) is 12.1 Å². The molecule has 116 valence electrons. The van der Waals surface area contributed by atoms with Crippen molar-refractivity contribution in [3.63, 3.8) is 0 Å². The van der Waals surface area contributed by atoms with Crippen molar-refractivity contribution in [2.45, 2.75) is 0 Å². The summed E-state index contributed by atoms with van der Waals surface area (Å²) in [5.41, 5.74) is 1.21. The van der Waals surface area contributed by atoms with Crippen LogP contribution in [0.3, 0.4) is 0 Å². The first-order valence-electron chi connectivity index (χ1n) is 6.46. The number of ether oxygens (including phenoxy) is 1. The Bertz CT molecular complexity index is 905. The zero-order valence-electron chi connectivity index (χ0n) is 11.8. The van der Waals surface area contributed by atoms with Crippen molar-refractivity contribution in [3.8, 4) is 0 Å². The van der Waals surface area contributed by atoms with Gasteiger partial charge in [0.15, 0.2) is 5.52 Å². The van der Waals surface area contributed by atoms with Gasteiger partial charge in [-0.25, -0.2) is 9.42 Å². The highest BCUT2D eigenvalue weighted by molar-refractivity contribution is 5.99. The fourth-order valence-corrected chi connectivity index (χ4v) is 2.13. The van der Waals surface area contributed by atoms with Crippen LogP contribution in [0.15, 0.2) is 41.0 Å². The molecule has 0 radical (unpaired) electrons. The van der Waals surface area contributed by atoms with Crippen molar-refractivity contribution in [2.75, 3.05) is 12.4 Å². The Kier molecular flexibility index (Phi) is 3.59. The van der Waals surface area contributed by atoms with Crippen LogP contribution in [-0.2, 0) is 4.74 Å².